The molecule has 178 valence electrons. The molecule has 1 aliphatic carbocycles. The number of fused-ring (bicyclic) bond motifs is 1. The van der Waals surface area contributed by atoms with Crippen molar-refractivity contribution >= 4 is 22.6 Å². The molecule has 0 saturated heterocycles. The van der Waals surface area contributed by atoms with E-state index in [-0.39, 0.29) is 5.43 Å². The number of hydrogen-bond acceptors (Lipinski definition) is 5. The van der Waals surface area contributed by atoms with Crippen LogP contribution in [-0.4, -0.2) is 33.0 Å². The largest absolute Gasteiger partial charge is 0.491 e. The Labute approximate surface area is 200 Å². The van der Waals surface area contributed by atoms with Gasteiger partial charge in [-0.3, -0.25) is 4.79 Å². The van der Waals surface area contributed by atoms with Gasteiger partial charge in [-0.2, -0.15) is 0 Å². The monoisotopic (exact) mass is 472 g/mol. The minimum Gasteiger partial charge on any atom is -0.491 e. The fourth-order valence-electron chi connectivity index (χ4n) is 3.94. The normalized spacial score (nSPS) is 17.6. The average molecular weight is 473 g/mol. The molecule has 2 aromatic carbocycles. The summed E-state index contributed by atoms with van der Waals surface area (Å²) in [4.78, 5) is 12.4. The molecule has 0 bridgehead atoms. The fourth-order valence-corrected chi connectivity index (χ4v) is 4.16. The SMILES string of the molecule is CCC.COCC1CCC(OCCOc2ccc(-c3cc(=O)c4cccc(Cl)c4o3)cc2)C1. The molecule has 2 atom stereocenters. The molecule has 1 aliphatic rings. The Morgan fingerprint density at radius 3 is 2.55 bits per heavy atom. The lowest BCUT2D eigenvalue weighted by atomic mass is 10.1. The van der Waals surface area contributed by atoms with Gasteiger partial charge in [0, 0.05) is 25.3 Å². The third-order valence-corrected chi connectivity index (χ3v) is 5.74. The van der Waals surface area contributed by atoms with Gasteiger partial charge in [0.15, 0.2) is 11.0 Å². The van der Waals surface area contributed by atoms with Crippen molar-refractivity contribution in [3.05, 3.63) is 63.8 Å². The van der Waals surface area contributed by atoms with E-state index in [2.05, 4.69) is 13.8 Å². The van der Waals surface area contributed by atoms with Crippen molar-refractivity contribution in [1.82, 2.24) is 0 Å². The lowest BCUT2D eigenvalue weighted by Gasteiger charge is -2.13. The number of para-hydroxylation sites is 1. The molecule has 1 fully saturated rings. The highest BCUT2D eigenvalue weighted by atomic mass is 35.5. The molecule has 0 amide bonds. The van der Waals surface area contributed by atoms with Crippen molar-refractivity contribution in [1.29, 1.82) is 0 Å². The Bertz CT molecular complexity index is 1060. The van der Waals surface area contributed by atoms with E-state index in [9.17, 15) is 4.79 Å². The summed E-state index contributed by atoms with van der Waals surface area (Å²) in [6.45, 7) is 6.11. The van der Waals surface area contributed by atoms with Crippen LogP contribution in [0.2, 0.25) is 5.02 Å². The van der Waals surface area contributed by atoms with Gasteiger partial charge in [0.1, 0.15) is 18.1 Å². The summed E-state index contributed by atoms with van der Waals surface area (Å²) in [5, 5.41) is 0.893. The summed E-state index contributed by atoms with van der Waals surface area (Å²) in [6.07, 6.45) is 4.86. The van der Waals surface area contributed by atoms with Gasteiger partial charge in [-0.05, 0) is 61.6 Å². The first kappa shape index (κ1) is 25.3. The highest BCUT2D eigenvalue weighted by molar-refractivity contribution is 6.34. The second-order valence-electron chi connectivity index (χ2n) is 8.30. The van der Waals surface area contributed by atoms with Crippen molar-refractivity contribution in [3.8, 4) is 17.1 Å². The third kappa shape index (κ3) is 7.07. The molecule has 6 heteroatoms. The van der Waals surface area contributed by atoms with E-state index in [4.69, 9.17) is 30.2 Å². The fraction of sp³-hybridized carbons (Fsp3) is 0.444. The number of ether oxygens (including phenoxy) is 3. The van der Waals surface area contributed by atoms with E-state index in [1.807, 2.05) is 24.3 Å². The molecule has 3 aromatic rings. The molecule has 0 radical (unpaired) electrons. The van der Waals surface area contributed by atoms with Gasteiger partial charge in [0.25, 0.3) is 0 Å². The smallest absolute Gasteiger partial charge is 0.193 e. The molecule has 1 aromatic heterocycles. The van der Waals surface area contributed by atoms with Crippen LogP contribution in [0.5, 0.6) is 5.75 Å². The van der Waals surface area contributed by atoms with Crippen molar-refractivity contribution in [3.63, 3.8) is 0 Å². The lowest BCUT2D eigenvalue weighted by Crippen LogP contribution is -2.15. The van der Waals surface area contributed by atoms with Crippen LogP contribution in [0.15, 0.2) is 57.7 Å². The van der Waals surface area contributed by atoms with Gasteiger partial charge >= 0.3 is 0 Å². The molecule has 0 spiro atoms. The molecule has 5 nitrogen and oxygen atoms in total. The maximum Gasteiger partial charge on any atom is 0.193 e. The van der Waals surface area contributed by atoms with Crippen LogP contribution in [0.25, 0.3) is 22.3 Å². The number of rotatable bonds is 8. The van der Waals surface area contributed by atoms with Gasteiger partial charge in [0.05, 0.1) is 23.1 Å². The Balaban J connectivity index is 0.000000968. The molecule has 0 aliphatic heterocycles. The summed E-state index contributed by atoms with van der Waals surface area (Å²) in [5.74, 6) is 1.83. The topological polar surface area (TPSA) is 57.9 Å². The number of halogens is 1. The van der Waals surface area contributed by atoms with Crippen LogP contribution in [-0.2, 0) is 9.47 Å². The van der Waals surface area contributed by atoms with Gasteiger partial charge in [-0.25, -0.2) is 0 Å². The van der Waals surface area contributed by atoms with E-state index in [1.54, 1.807) is 25.3 Å². The molecule has 0 N–H and O–H groups in total. The summed E-state index contributed by atoms with van der Waals surface area (Å²) in [6, 6.07) is 14.1. The molecular formula is C27H33ClO5. The quantitative estimate of drug-likeness (QED) is 0.340. The maximum absolute atomic E-state index is 12.4. The molecule has 2 unspecified atom stereocenters. The molecule has 1 saturated carbocycles. The van der Waals surface area contributed by atoms with E-state index < -0.39 is 0 Å². The van der Waals surface area contributed by atoms with Crippen LogP contribution in [0.4, 0.5) is 0 Å². The van der Waals surface area contributed by atoms with E-state index >= 15 is 0 Å². The lowest BCUT2D eigenvalue weighted by molar-refractivity contribution is 0.0328. The van der Waals surface area contributed by atoms with Gasteiger partial charge in [-0.15, -0.1) is 0 Å². The number of methoxy groups -OCH3 is 1. The van der Waals surface area contributed by atoms with E-state index in [0.29, 0.717) is 47.0 Å². The van der Waals surface area contributed by atoms with E-state index in [1.165, 1.54) is 12.5 Å². The Hall–Kier alpha value is -2.34. The zero-order valence-corrected chi connectivity index (χ0v) is 20.4. The first-order valence-corrected chi connectivity index (χ1v) is 12.0. The summed E-state index contributed by atoms with van der Waals surface area (Å²) in [5.41, 5.74) is 1.07. The average Bonchev–Trinajstić information content (AvgIpc) is 3.26. The first-order valence-electron chi connectivity index (χ1n) is 11.6. The Morgan fingerprint density at radius 1 is 1.06 bits per heavy atom. The van der Waals surface area contributed by atoms with Gasteiger partial charge in [0.2, 0.25) is 0 Å². The first-order chi connectivity index (χ1) is 16.0. The van der Waals surface area contributed by atoms with Crippen LogP contribution < -0.4 is 10.2 Å². The standard InChI is InChI=1S/C24H25ClO5.C3H8/c1-27-15-16-5-8-19(13-16)29-12-11-28-18-9-6-17(7-10-18)23-14-22(26)20-3-2-4-21(25)24(20)30-23;1-3-2/h2-4,6-7,9-10,14,16,19H,5,8,11-13,15H2,1H3;3H2,1-2H3. The Kier molecular flexibility index (Phi) is 9.79. The summed E-state index contributed by atoms with van der Waals surface area (Å²) >= 11 is 6.18. The van der Waals surface area contributed by atoms with Crippen LogP contribution >= 0.6 is 11.6 Å². The van der Waals surface area contributed by atoms with Gasteiger partial charge in [-0.1, -0.05) is 37.9 Å². The van der Waals surface area contributed by atoms with Crippen molar-refractivity contribution in [2.45, 2.75) is 45.6 Å². The summed E-state index contributed by atoms with van der Waals surface area (Å²) < 4.78 is 22.8. The number of benzene rings is 2. The van der Waals surface area contributed by atoms with Gasteiger partial charge < -0.3 is 18.6 Å². The highest BCUT2D eigenvalue weighted by Crippen LogP contribution is 2.29. The summed E-state index contributed by atoms with van der Waals surface area (Å²) in [7, 11) is 1.75. The van der Waals surface area contributed by atoms with E-state index in [0.717, 1.165) is 37.2 Å². The maximum atomic E-state index is 12.4. The van der Waals surface area contributed by atoms with Crippen LogP contribution in [0, 0.1) is 5.92 Å². The zero-order chi connectivity index (χ0) is 23.6. The predicted octanol–water partition coefficient (Wildman–Crippen LogP) is 6.74. The minimum absolute atomic E-state index is 0.120. The number of hydrogen-bond donors (Lipinski definition) is 0. The molecular weight excluding hydrogens is 440 g/mol. The Morgan fingerprint density at radius 2 is 1.82 bits per heavy atom. The van der Waals surface area contributed by atoms with Crippen molar-refractivity contribution in [2.24, 2.45) is 5.92 Å². The molecule has 33 heavy (non-hydrogen) atoms. The second kappa shape index (κ2) is 12.8. The predicted molar refractivity (Wildman–Crippen MR) is 133 cm³/mol. The zero-order valence-electron chi connectivity index (χ0n) is 19.6. The third-order valence-electron chi connectivity index (χ3n) is 5.45. The van der Waals surface area contributed by atoms with Crippen molar-refractivity contribution in [2.75, 3.05) is 26.9 Å². The van der Waals surface area contributed by atoms with Crippen molar-refractivity contribution < 1.29 is 18.6 Å². The van der Waals surface area contributed by atoms with Crippen LogP contribution in [0.1, 0.15) is 39.5 Å². The second-order valence-corrected chi connectivity index (χ2v) is 8.71. The molecule has 4 rings (SSSR count). The highest BCUT2D eigenvalue weighted by Gasteiger charge is 2.24. The minimum atomic E-state index is -0.120. The van der Waals surface area contributed by atoms with Crippen LogP contribution in [0.3, 0.4) is 0 Å². The molecule has 1 heterocycles.